The van der Waals surface area contributed by atoms with Gasteiger partial charge in [-0.1, -0.05) is 18.2 Å². The van der Waals surface area contributed by atoms with Crippen LogP contribution in [-0.2, 0) is 6.54 Å². The summed E-state index contributed by atoms with van der Waals surface area (Å²) in [6, 6.07) is 8.17. The molecule has 0 saturated heterocycles. The van der Waals surface area contributed by atoms with E-state index in [2.05, 4.69) is 35.0 Å². The normalized spacial score (nSPS) is 12.7. The molecule has 1 unspecified atom stereocenters. The van der Waals surface area contributed by atoms with Gasteiger partial charge in [-0.05, 0) is 29.3 Å². The fourth-order valence-corrected chi connectivity index (χ4v) is 3.60. The predicted octanol–water partition coefficient (Wildman–Crippen LogP) is 2.68. The second-order valence-electron chi connectivity index (χ2n) is 4.70. The van der Waals surface area contributed by atoms with Gasteiger partial charge in [-0.15, -0.1) is 11.3 Å². The van der Waals surface area contributed by atoms with E-state index in [4.69, 9.17) is 10.6 Å². The van der Waals surface area contributed by atoms with Crippen molar-refractivity contribution in [1.29, 1.82) is 0 Å². The summed E-state index contributed by atoms with van der Waals surface area (Å²) in [5.41, 5.74) is 5.01. The third-order valence-electron chi connectivity index (χ3n) is 3.63. The fourth-order valence-electron chi connectivity index (χ4n) is 2.62. The van der Waals surface area contributed by atoms with Crippen LogP contribution in [0.1, 0.15) is 24.2 Å². The number of ether oxygens (including phenoxy) is 1. The standard InChI is InChI=1S/C15H18N4OS/c1-3-19-15(12(20-2)8-17-19)14(18-16)11-9-21-13-7-5-4-6-10(11)13/h4-9,14,18H,3,16H2,1-2H3. The summed E-state index contributed by atoms with van der Waals surface area (Å²) < 4.78 is 8.60. The summed E-state index contributed by atoms with van der Waals surface area (Å²) in [4.78, 5) is 0. The highest BCUT2D eigenvalue weighted by atomic mass is 32.1. The quantitative estimate of drug-likeness (QED) is 0.562. The highest BCUT2D eigenvalue weighted by Gasteiger charge is 2.24. The van der Waals surface area contributed by atoms with Gasteiger partial charge in [-0.2, -0.15) is 5.10 Å². The molecule has 3 rings (SSSR count). The van der Waals surface area contributed by atoms with Gasteiger partial charge in [-0.25, -0.2) is 5.43 Å². The number of nitrogens with two attached hydrogens (primary N) is 1. The zero-order valence-electron chi connectivity index (χ0n) is 12.0. The molecule has 0 aliphatic rings. The maximum Gasteiger partial charge on any atom is 0.161 e. The zero-order chi connectivity index (χ0) is 14.8. The number of hydrogen-bond donors (Lipinski definition) is 2. The van der Waals surface area contributed by atoms with Crippen molar-refractivity contribution in [3.8, 4) is 5.75 Å². The molecule has 5 nitrogen and oxygen atoms in total. The van der Waals surface area contributed by atoms with Gasteiger partial charge in [0, 0.05) is 11.2 Å². The molecule has 6 heteroatoms. The van der Waals surface area contributed by atoms with Gasteiger partial charge < -0.3 is 4.74 Å². The molecule has 0 bridgehead atoms. The molecule has 1 atom stereocenters. The van der Waals surface area contributed by atoms with Gasteiger partial charge in [0.25, 0.3) is 0 Å². The smallest absolute Gasteiger partial charge is 0.161 e. The Kier molecular flexibility index (Phi) is 3.92. The molecule has 0 aliphatic heterocycles. The Bertz CT molecular complexity index is 728. The van der Waals surface area contributed by atoms with Crippen molar-refractivity contribution in [1.82, 2.24) is 15.2 Å². The Hall–Kier alpha value is -1.89. The van der Waals surface area contributed by atoms with Crippen molar-refractivity contribution in [3.05, 3.63) is 47.1 Å². The van der Waals surface area contributed by atoms with E-state index in [1.54, 1.807) is 24.6 Å². The molecule has 2 aromatic heterocycles. The van der Waals surface area contributed by atoms with E-state index in [0.717, 1.165) is 23.6 Å². The SMILES string of the molecule is CCn1ncc(OC)c1C(NN)c1csc2ccccc12. The Morgan fingerprint density at radius 3 is 2.95 bits per heavy atom. The van der Waals surface area contributed by atoms with Crippen LogP contribution in [-0.4, -0.2) is 16.9 Å². The van der Waals surface area contributed by atoms with Crippen molar-refractivity contribution in [2.75, 3.05) is 7.11 Å². The Morgan fingerprint density at radius 2 is 2.24 bits per heavy atom. The number of methoxy groups -OCH3 is 1. The Morgan fingerprint density at radius 1 is 1.43 bits per heavy atom. The number of fused-ring (bicyclic) bond motifs is 1. The number of nitrogens with zero attached hydrogens (tertiary/aromatic N) is 2. The largest absolute Gasteiger partial charge is 0.493 e. The maximum absolute atomic E-state index is 5.85. The summed E-state index contributed by atoms with van der Waals surface area (Å²) in [5, 5.41) is 7.71. The molecule has 2 heterocycles. The maximum atomic E-state index is 5.85. The summed E-state index contributed by atoms with van der Waals surface area (Å²) in [6.07, 6.45) is 1.73. The van der Waals surface area contributed by atoms with Crippen LogP contribution in [0.5, 0.6) is 5.75 Å². The van der Waals surface area contributed by atoms with Crippen molar-refractivity contribution in [3.63, 3.8) is 0 Å². The third kappa shape index (κ3) is 2.31. The van der Waals surface area contributed by atoms with E-state index < -0.39 is 0 Å². The van der Waals surface area contributed by atoms with Crippen LogP contribution < -0.4 is 16.0 Å². The Labute approximate surface area is 127 Å². The number of hydrogen-bond acceptors (Lipinski definition) is 5. The molecule has 0 aliphatic carbocycles. The Balaban J connectivity index is 2.16. The molecule has 0 radical (unpaired) electrons. The lowest BCUT2D eigenvalue weighted by Gasteiger charge is -2.18. The van der Waals surface area contributed by atoms with Crippen molar-refractivity contribution in [2.45, 2.75) is 19.5 Å². The molecule has 21 heavy (non-hydrogen) atoms. The lowest BCUT2D eigenvalue weighted by atomic mass is 10.0. The highest BCUT2D eigenvalue weighted by molar-refractivity contribution is 7.17. The van der Waals surface area contributed by atoms with E-state index in [-0.39, 0.29) is 6.04 Å². The average molecular weight is 302 g/mol. The summed E-state index contributed by atoms with van der Waals surface area (Å²) in [6.45, 7) is 2.81. The van der Waals surface area contributed by atoms with Crippen molar-refractivity contribution >= 4 is 21.4 Å². The van der Waals surface area contributed by atoms with Gasteiger partial charge >= 0.3 is 0 Å². The number of aromatic nitrogens is 2. The van der Waals surface area contributed by atoms with Gasteiger partial charge in [0.2, 0.25) is 0 Å². The second-order valence-corrected chi connectivity index (χ2v) is 5.61. The third-order valence-corrected chi connectivity index (χ3v) is 4.61. The number of rotatable bonds is 5. The average Bonchev–Trinajstić information content (AvgIpc) is 3.13. The second kappa shape index (κ2) is 5.85. The van der Waals surface area contributed by atoms with Gasteiger partial charge in [0.05, 0.1) is 19.3 Å². The van der Waals surface area contributed by atoms with E-state index in [1.807, 2.05) is 16.8 Å². The van der Waals surface area contributed by atoms with Crippen LogP contribution in [0.4, 0.5) is 0 Å². The molecule has 0 spiro atoms. The lowest BCUT2D eigenvalue weighted by molar-refractivity contribution is 0.399. The van der Waals surface area contributed by atoms with Gasteiger partial charge in [-0.3, -0.25) is 10.5 Å². The first kappa shape index (κ1) is 14.1. The minimum Gasteiger partial charge on any atom is -0.493 e. The number of nitrogens with one attached hydrogen (secondary N) is 1. The molecular weight excluding hydrogens is 284 g/mol. The van der Waals surface area contributed by atoms with Crippen LogP contribution in [0.3, 0.4) is 0 Å². The summed E-state index contributed by atoms with van der Waals surface area (Å²) in [7, 11) is 1.65. The summed E-state index contributed by atoms with van der Waals surface area (Å²) >= 11 is 1.72. The molecule has 110 valence electrons. The monoisotopic (exact) mass is 302 g/mol. The van der Waals surface area contributed by atoms with Crippen LogP contribution in [0.2, 0.25) is 0 Å². The zero-order valence-corrected chi connectivity index (χ0v) is 12.9. The minimum absolute atomic E-state index is 0.154. The van der Waals surface area contributed by atoms with E-state index in [1.165, 1.54) is 10.1 Å². The van der Waals surface area contributed by atoms with E-state index in [0.29, 0.717) is 0 Å². The summed E-state index contributed by atoms with van der Waals surface area (Å²) in [5.74, 6) is 6.60. The molecular formula is C15H18N4OS. The fraction of sp³-hybridized carbons (Fsp3) is 0.267. The molecule has 0 amide bonds. The molecule has 3 aromatic rings. The van der Waals surface area contributed by atoms with Crippen LogP contribution in [0.15, 0.2) is 35.8 Å². The van der Waals surface area contributed by atoms with E-state index in [9.17, 15) is 0 Å². The topological polar surface area (TPSA) is 65.1 Å². The van der Waals surface area contributed by atoms with E-state index >= 15 is 0 Å². The van der Waals surface area contributed by atoms with Crippen LogP contribution in [0, 0.1) is 0 Å². The molecule has 0 saturated carbocycles. The van der Waals surface area contributed by atoms with Crippen molar-refractivity contribution < 1.29 is 4.74 Å². The molecule has 0 fully saturated rings. The lowest BCUT2D eigenvalue weighted by Crippen LogP contribution is -2.30. The van der Waals surface area contributed by atoms with Crippen molar-refractivity contribution in [2.24, 2.45) is 5.84 Å². The first-order valence-corrected chi connectivity index (χ1v) is 7.70. The first-order valence-electron chi connectivity index (χ1n) is 6.82. The predicted molar refractivity (Wildman–Crippen MR) is 85.4 cm³/mol. The first-order chi connectivity index (χ1) is 10.3. The number of aryl methyl sites for hydroxylation is 1. The number of thiophene rings is 1. The minimum atomic E-state index is -0.154. The van der Waals surface area contributed by atoms with Crippen LogP contribution in [0.25, 0.3) is 10.1 Å². The molecule has 3 N–H and O–H groups in total. The van der Waals surface area contributed by atoms with Gasteiger partial charge in [0.1, 0.15) is 5.69 Å². The number of hydrazine groups is 1. The highest BCUT2D eigenvalue weighted by Crippen LogP contribution is 2.36. The van der Waals surface area contributed by atoms with Gasteiger partial charge in [0.15, 0.2) is 5.75 Å². The van der Waals surface area contributed by atoms with Crippen LogP contribution >= 0.6 is 11.3 Å². The number of benzene rings is 1. The molecule has 1 aromatic carbocycles.